The highest BCUT2D eigenvalue weighted by Gasteiger charge is 2.27. The van der Waals surface area contributed by atoms with Gasteiger partial charge in [-0.15, -0.1) is 0 Å². The minimum atomic E-state index is 0.624. The SMILES string of the molecule is CCCCCCCCCCCCCCCCCCC1c2ccccc2-c2ccccc21. The lowest BCUT2D eigenvalue weighted by atomic mass is 9.91. The maximum absolute atomic E-state index is 2.35. The Bertz CT molecular complexity index is 683. The molecule has 1 aliphatic carbocycles. The van der Waals surface area contributed by atoms with Gasteiger partial charge in [-0.3, -0.25) is 0 Å². The zero-order chi connectivity index (χ0) is 21.6. The van der Waals surface area contributed by atoms with Gasteiger partial charge in [-0.1, -0.05) is 158 Å². The summed E-state index contributed by atoms with van der Waals surface area (Å²) >= 11 is 0. The van der Waals surface area contributed by atoms with Gasteiger partial charge in [0, 0.05) is 5.92 Å². The van der Waals surface area contributed by atoms with E-state index in [1.54, 1.807) is 11.1 Å². The Hall–Kier alpha value is -1.56. The third-order valence-corrected chi connectivity index (χ3v) is 7.31. The fourth-order valence-electron chi connectivity index (χ4n) is 5.47. The van der Waals surface area contributed by atoms with Gasteiger partial charge in [0.05, 0.1) is 0 Å². The number of unbranched alkanes of at least 4 members (excludes halogenated alkanes) is 15. The van der Waals surface area contributed by atoms with Gasteiger partial charge in [-0.2, -0.15) is 0 Å². The molecule has 2 aromatic carbocycles. The molecule has 0 nitrogen and oxygen atoms in total. The second kappa shape index (κ2) is 14.5. The van der Waals surface area contributed by atoms with E-state index in [2.05, 4.69) is 55.5 Å². The Morgan fingerprint density at radius 1 is 0.452 bits per heavy atom. The summed E-state index contributed by atoms with van der Waals surface area (Å²) in [5, 5.41) is 0. The first-order valence-electron chi connectivity index (χ1n) is 13.6. The fraction of sp³-hybridized carbons (Fsp3) is 0.613. The standard InChI is InChI=1S/C31H46/c1-2-3-4-5-6-7-8-9-10-11-12-13-14-15-16-17-22-27-28-23-18-20-25-30(28)31-26-21-19-24-29(27)31/h18-21,23-27H,2-17,22H2,1H3. The third-order valence-electron chi connectivity index (χ3n) is 7.31. The van der Waals surface area contributed by atoms with E-state index in [9.17, 15) is 0 Å². The van der Waals surface area contributed by atoms with Crippen molar-refractivity contribution < 1.29 is 0 Å². The van der Waals surface area contributed by atoms with Gasteiger partial charge in [-0.05, 0) is 28.7 Å². The molecule has 0 amide bonds. The van der Waals surface area contributed by atoms with Crippen molar-refractivity contribution >= 4 is 0 Å². The summed E-state index contributed by atoms with van der Waals surface area (Å²) in [4.78, 5) is 0. The van der Waals surface area contributed by atoms with Gasteiger partial charge < -0.3 is 0 Å². The van der Waals surface area contributed by atoms with Crippen molar-refractivity contribution in [3.8, 4) is 11.1 Å². The molecule has 0 heteroatoms. The van der Waals surface area contributed by atoms with E-state index in [0.717, 1.165) is 0 Å². The molecule has 2 aromatic rings. The third kappa shape index (κ3) is 7.81. The van der Waals surface area contributed by atoms with Crippen LogP contribution in [0.5, 0.6) is 0 Å². The summed E-state index contributed by atoms with van der Waals surface area (Å²) in [6, 6.07) is 18.1. The van der Waals surface area contributed by atoms with E-state index in [-0.39, 0.29) is 0 Å². The van der Waals surface area contributed by atoms with Crippen LogP contribution in [0.3, 0.4) is 0 Å². The highest BCUT2D eigenvalue weighted by Crippen LogP contribution is 2.46. The van der Waals surface area contributed by atoms with Gasteiger partial charge in [0.25, 0.3) is 0 Å². The molecule has 0 radical (unpaired) electrons. The first kappa shape index (κ1) is 24.1. The van der Waals surface area contributed by atoms with Crippen molar-refractivity contribution in [3.63, 3.8) is 0 Å². The Labute approximate surface area is 192 Å². The Kier molecular flexibility index (Phi) is 11.3. The average molecular weight is 419 g/mol. The smallest absolute Gasteiger partial charge is 0.0102 e. The van der Waals surface area contributed by atoms with Gasteiger partial charge in [-0.25, -0.2) is 0 Å². The summed E-state index contributed by atoms with van der Waals surface area (Å²) in [5.74, 6) is 0.624. The van der Waals surface area contributed by atoms with Crippen LogP contribution >= 0.6 is 0 Å². The molecular formula is C31H46. The minimum absolute atomic E-state index is 0.624. The molecule has 170 valence electrons. The molecule has 0 spiro atoms. The van der Waals surface area contributed by atoms with Gasteiger partial charge in [0.2, 0.25) is 0 Å². The molecule has 0 heterocycles. The summed E-state index contributed by atoms with van der Waals surface area (Å²) in [5.41, 5.74) is 6.06. The zero-order valence-corrected chi connectivity index (χ0v) is 20.2. The molecule has 0 fully saturated rings. The van der Waals surface area contributed by atoms with Crippen molar-refractivity contribution in [2.24, 2.45) is 0 Å². The summed E-state index contributed by atoms with van der Waals surface area (Å²) in [6.45, 7) is 2.30. The van der Waals surface area contributed by atoms with Crippen LogP contribution in [0.15, 0.2) is 48.5 Å². The van der Waals surface area contributed by atoms with E-state index in [1.807, 2.05) is 0 Å². The highest BCUT2D eigenvalue weighted by molar-refractivity contribution is 5.78. The van der Waals surface area contributed by atoms with Crippen LogP contribution in [0.1, 0.15) is 133 Å². The predicted molar refractivity (Wildman–Crippen MR) is 138 cm³/mol. The van der Waals surface area contributed by atoms with E-state index in [4.69, 9.17) is 0 Å². The van der Waals surface area contributed by atoms with Crippen molar-refractivity contribution in [3.05, 3.63) is 59.7 Å². The van der Waals surface area contributed by atoms with Gasteiger partial charge in [0.15, 0.2) is 0 Å². The maximum atomic E-state index is 2.35. The number of rotatable bonds is 17. The van der Waals surface area contributed by atoms with Crippen molar-refractivity contribution in [1.29, 1.82) is 0 Å². The van der Waals surface area contributed by atoms with E-state index in [1.165, 1.54) is 120 Å². The number of hydrogen-bond donors (Lipinski definition) is 0. The maximum Gasteiger partial charge on any atom is 0.0102 e. The van der Waals surface area contributed by atoms with Crippen LogP contribution in [0, 0.1) is 0 Å². The van der Waals surface area contributed by atoms with Crippen LogP contribution in [-0.2, 0) is 0 Å². The van der Waals surface area contributed by atoms with E-state index >= 15 is 0 Å². The van der Waals surface area contributed by atoms with Crippen molar-refractivity contribution in [2.75, 3.05) is 0 Å². The molecule has 0 saturated carbocycles. The lowest BCUT2D eigenvalue weighted by Crippen LogP contribution is -1.96. The van der Waals surface area contributed by atoms with Crippen LogP contribution in [0.2, 0.25) is 0 Å². The lowest BCUT2D eigenvalue weighted by Gasteiger charge is -2.13. The number of fused-ring (bicyclic) bond motifs is 3. The normalized spacial score (nSPS) is 12.8. The summed E-state index contributed by atoms with van der Waals surface area (Å²) in [6.07, 6.45) is 24.4. The number of benzene rings is 2. The molecule has 31 heavy (non-hydrogen) atoms. The monoisotopic (exact) mass is 418 g/mol. The lowest BCUT2D eigenvalue weighted by molar-refractivity contribution is 0.524. The molecule has 0 N–H and O–H groups in total. The average Bonchev–Trinajstić information content (AvgIpc) is 3.13. The van der Waals surface area contributed by atoms with Crippen LogP contribution in [0.25, 0.3) is 11.1 Å². The van der Waals surface area contributed by atoms with Crippen molar-refractivity contribution in [2.45, 2.75) is 122 Å². The zero-order valence-electron chi connectivity index (χ0n) is 20.2. The molecule has 0 bridgehead atoms. The second-order valence-corrected chi connectivity index (χ2v) is 9.82. The Morgan fingerprint density at radius 2 is 0.806 bits per heavy atom. The van der Waals surface area contributed by atoms with Crippen LogP contribution in [0.4, 0.5) is 0 Å². The van der Waals surface area contributed by atoms with Crippen LogP contribution in [-0.4, -0.2) is 0 Å². The quantitative estimate of drug-likeness (QED) is 0.224. The first-order valence-corrected chi connectivity index (χ1v) is 13.6. The largest absolute Gasteiger partial charge is 0.0654 e. The minimum Gasteiger partial charge on any atom is -0.0654 e. The second-order valence-electron chi connectivity index (χ2n) is 9.82. The molecule has 3 rings (SSSR count). The molecule has 0 aliphatic heterocycles. The van der Waals surface area contributed by atoms with Crippen LogP contribution < -0.4 is 0 Å². The fourth-order valence-corrected chi connectivity index (χ4v) is 5.47. The highest BCUT2D eigenvalue weighted by atomic mass is 14.3. The molecule has 0 saturated heterocycles. The number of hydrogen-bond acceptors (Lipinski definition) is 0. The Balaban J connectivity index is 1.18. The van der Waals surface area contributed by atoms with Gasteiger partial charge >= 0.3 is 0 Å². The van der Waals surface area contributed by atoms with E-state index < -0.39 is 0 Å². The summed E-state index contributed by atoms with van der Waals surface area (Å²) in [7, 11) is 0. The molecule has 0 unspecified atom stereocenters. The van der Waals surface area contributed by atoms with E-state index in [0.29, 0.717) is 5.92 Å². The molecule has 0 aromatic heterocycles. The first-order chi connectivity index (χ1) is 15.4. The molecular weight excluding hydrogens is 372 g/mol. The Morgan fingerprint density at radius 3 is 1.23 bits per heavy atom. The van der Waals surface area contributed by atoms with Gasteiger partial charge in [0.1, 0.15) is 0 Å². The van der Waals surface area contributed by atoms with Crippen molar-refractivity contribution in [1.82, 2.24) is 0 Å². The topological polar surface area (TPSA) is 0 Å². The molecule has 1 aliphatic rings. The predicted octanol–water partition coefficient (Wildman–Crippen LogP) is 10.5. The molecule has 0 atom stereocenters. The summed E-state index contributed by atoms with van der Waals surface area (Å²) < 4.78 is 0.